The van der Waals surface area contributed by atoms with Crippen molar-refractivity contribution >= 4 is 17.3 Å². The predicted octanol–water partition coefficient (Wildman–Crippen LogP) is 3.27. The number of benzene rings is 1. The van der Waals surface area contributed by atoms with Crippen molar-refractivity contribution in [3.05, 3.63) is 29.8 Å². The van der Waals surface area contributed by atoms with E-state index < -0.39 is 0 Å². The summed E-state index contributed by atoms with van der Waals surface area (Å²) in [4.78, 5) is 15.8. The number of rotatable bonds is 2. The van der Waals surface area contributed by atoms with E-state index in [1.54, 1.807) is 6.92 Å². The third-order valence-electron chi connectivity index (χ3n) is 2.93. The number of nitrogens with one attached hydrogen (secondary N) is 1. The van der Waals surface area contributed by atoms with Crippen molar-refractivity contribution in [1.82, 2.24) is 0 Å². The lowest BCUT2D eigenvalue weighted by Gasteiger charge is -2.09. The zero-order valence-electron chi connectivity index (χ0n) is 10.2. The molecule has 0 radical (unpaired) electrons. The minimum atomic E-state index is 0.0939. The summed E-state index contributed by atoms with van der Waals surface area (Å²) >= 11 is 0. The van der Waals surface area contributed by atoms with Gasteiger partial charge >= 0.3 is 0 Å². The molecule has 1 aromatic carbocycles. The molecule has 17 heavy (non-hydrogen) atoms. The lowest BCUT2D eigenvalue weighted by Crippen LogP contribution is -2.11. The molecule has 0 fully saturated rings. The molecule has 0 aliphatic carbocycles. The number of anilines is 1. The van der Waals surface area contributed by atoms with Crippen LogP contribution in [0.15, 0.2) is 29.3 Å². The monoisotopic (exact) mass is 230 g/mol. The van der Waals surface area contributed by atoms with Gasteiger partial charge in [0.15, 0.2) is 5.78 Å². The van der Waals surface area contributed by atoms with Crippen LogP contribution in [0.2, 0.25) is 0 Å². The molecule has 0 atom stereocenters. The molecule has 0 bridgehead atoms. The largest absolute Gasteiger partial charge is 0.344 e. The van der Waals surface area contributed by atoms with E-state index in [9.17, 15) is 4.79 Å². The summed E-state index contributed by atoms with van der Waals surface area (Å²) in [5, 5.41) is 3.31. The summed E-state index contributed by atoms with van der Waals surface area (Å²) < 4.78 is 0. The molecule has 0 aromatic heterocycles. The van der Waals surface area contributed by atoms with Gasteiger partial charge in [0.05, 0.1) is 0 Å². The molecule has 3 nitrogen and oxygen atoms in total. The van der Waals surface area contributed by atoms with Crippen LogP contribution in [0.25, 0.3) is 0 Å². The van der Waals surface area contributed by atoms with Gasteiger partial charge in [-0.25, -0.2) is 0 Å². The Balaban J connectivity index is 2.09. The van der Waals surface area contributed by atoms with Crippen LogP contribution in [0, 0.1) is 0 Å². The molecule has 0 unspecified atom stereocenters. The highest BCUT2D eigenvalue weighted by molar-refractivity contribution is 5.98. The summed E-state index contributed by atoms with van der Waals surface area (Å²) in [7, 11) is 0. The second-order valence-electron chi connectivity index (χ2n) is 4.40. The molecule has 2 rings (SSSR count). The molecule has 1 heterocycles. The summed E-state index contributed by atoms with van der Waals surface area (Å²) in [5.41, 5.74) is 1.70. The van der Waals surface area contributed by atoms with E-state index in [4.69, 9.17) is 0 Å². The van der Waals surface area contributed by atoms with Crippen molar-refractivity contribution in [1.29, 1.82) is 0 Å². The van der Waals surface area contributed by atoms with Gasteiger partial charge in [0.25, 0.3) is 0 Å². The lowest BCUT2D eigenvalue weighted by molar-refractivity contribution is 0.101. The second kappa shape index (κ2) is 5.62. The fourth-order valence-electron chi connectivity index (χ4n) is 1.96. The number of nitrogens with zero attached hydrogens (tertiary/aromatic N) is 1. The number of hydrogen-bond acceptors (Lipinski definition) is 3. The van der Waals surface area contributed by atoms with Crippen LogP contribution >= 0.6 is 0 Å². The maximum atomic E-state index is 11.3. The van der Waals surface area contributed by atoms with Gasteiger partial charge in [-0.1, -0.05) is 18.6 Å². The summed E-state index contributed by atoms with van der Waals surface area (Å²) in [6.45, 7) is 2.50. The molecule has 1 aliphatic rings. The number of aliphatic imine (C=N–C) groups is 1. The van der Waals surface area contributed by atoms with E-state index in [1.807, 2.05) is 24.3 Å². The Morgan fingerprint density at radius 2 is 2.18 bits per heavy atom. The van der Waals surface area contributed by atoms with Gasteiger partial charge in [0.1, 0.15) is 5.84 Å². The van der Waals surface area contributed by atoms with Gasteiger partial charge in [-0.3, -0.25) is 9.79 Å². The molecule has 0 saturated heterocycles. The standard InChI is InChI=1S/C14H18N2O/c1-11(17)12-6-5-7-13(10-12)16-14-8-3-2-4-9-15-14/h5-7,10H,2-4,8-9H2,1H3,(H,15,16). The van der Waals surface area contributed by atoms with E-state index in [2.05, 4.69) is 10.3 Å². The molecule has 3 heteroatoms. The van der Waals surface area contributed by atoms with Crippen LogP contribution in [0.3, 0.4) is 0 Å². The number of Topliss-reactive ketones (excluding diaryl/α,β-unsaturated/α-hetero) is 1. The fraction of sp³-hybridized carbons (Fsp3) is 0.429. The number of ketones is 1. The fourth-order valence-corrected chi connectivity index (χ4v) is 1.96. The van der Waals surface area contributed by atoms with E-state index in [-0.39, 0.29) is 5.78 Å². The van der Waals surface area contributed by atoms with E-state index in [1.165, 1.54) is 19.3 Å². The highest BCUT2D eigenvalue weighted by Gasteiger charge is 2.05. The Morgan fingerprint density at radius 3 is 3.00 bits per heavy atom. The highest BCUT2D eigenvalue weighted by atomic mass is 16.1. The Bertz CT molecular complexity index is 438. The normalized spacial score (nSPS) is 15.9. The molecular formula is C14H18N2O. The number of carbonyl (C=O) groups excluding carboxylic acids is 1. The van der Waals surface area contributed by atoms with Gasteiger partial charge < -0.3 is 5.32 Å². The SMILES string of the molecule is CC(=O)c1cccc(NC2=NCCCCC2)c1. The van der Waals surface area contributed by atoms with Crippen LogP contribution in [-0.4, -0.2) is 18.2 Å². The summed E-state index contributed by atoms with van der Waals surface area (Å²) in [5.74, 6) is 1.14. The van der Waals surface area contributed by atoms with E-state index >= 15 is 0 Å². The second-order valence-corrected chi connectivity index (χ2v) is 4.40. The van der Waals surface area contributed by atoms with Crippen LogP contribution < -0.4 is 5.32 Å². The Morgan fingerprint density at radius 1 is 1.29 bits per heavy atom. The molecule has 0 amide bonds. The maximum Gasteiger partial charge on any atom is 0.159 e. The van der Waals surface area contributed by atoms with Gasteiger partial charge in [-0.15, -0.1) is 0 Å². The van der Waals surface area contributed by atoms with E-state index in [0.717, 1.165) is 30.1 Å². The van der Waals surface area contributed by atoms with Crippen LogP contribution in [0.1, 0.15) is 43.0 Å². The summed E-state index contributed by atoms with van der Waals surface area (Å²) in [6, 6.07) is 7.59. The quantitative estimate of drug-likeness (QED) is 0.792. The van der Waals surface area contributed by atoms with Gasteiger partial charge in [0.2, 0.25) is 0 Å². The highest BCUT2D eigenvalue weighted by Crippen LogP contribution is 2.14. The first-order chi connectivity index (χ1) is 8.25. The van der Waals surface area contributed by atoms with Crippen molar-refractivity contribution in [2.45, 2.75) is 32.6 Å². The van der Waals surface area contributed by atoms with Crippen LogP contribution in [-0.2, 0) is 0 Å². The first-order valence-corrected chi connectivity index (χ1v) is 6.17. The maximum absolute atomic E-state index is 11.3. The average Bonchev–Trinajstić information content (AvgIpc) is 2.58. The smallest absolute Gasteiger partial charge is 0.159 e. The topological polar surface area (TPSA) is 41.5 Å². The van der Waals surface area contributed by atoms with Gasteiger partial charge in [-0.05, 0) is 31.9 Å². The van der Waals surface area contributed by atoms with Crippen molar-refractivity contribution < 1.29 is 4.79 Å². The first kappa shape index (κ1) is 11.8. The third kappa shape index (κ3) is 3.41. The van der Waals surface area contributed by atoms with Crippen molar-refractivity contribution in [3.63, 3.8) is 0 Å². The zero-order chi connectivity index (χ0) is 12.1. The molecule has 1 N–H and O–H groups in total. The molecule has 1 aromatic rings. The van der Waals surface area contributed by atoms with E-state index in [0.29, 0.717) is 0 Å². The zero-order valence-corrected chi connectivity index (χ0v) is 10.2. The predicted molar refractivity (Wildman–Crippen MR) is 70.8 cm³/mol. The first-order valence-electron chi connectivity index (χ1n) is 6.17. The molecule has 0 saturated carbocycles. The Kier molecular flexibility index (Phi) is 3.91. The average molecular weight is 230 g/mol. The third-order valence-corrected chi connectivity index (χ3v) is 2.93. The Hall–Kier alpha value is -1.64. The Labute approximate surface area is 102 Å². The van der Waals surface area contributed by atoms with Crippen molar-refractivity contribution in [3.8, 4) is 0 Å². The molecular weight excluding hydrogens is 212 g/mol. The molecule has 1 aliphatic heterocycles. The number of amidine groups is 1. The van der Waals surface area contributed by atoms with Gasteiger partial charge in [-0.2, -0.15) is 0 Å². The molecule has 0 spiro atoms. The number of hydrogen-bond donors (Lipinski definition) is 1. The summed E-state index contributed by atoms with van der Waals surface area (Å²) in [6.07, 6.45) is 4.63. The molecule has 90 valence electrons. The minimum Gasteiger partial charge on any atom is -0.344 e. The minimum absolute atomic E-state index is 0.0939. The van der Waals surface area contributed by atoms with Crippen molar-refractivity contribution in [2.24, 2.45) is 4.99 Å². The van der Waals surface area contributed by atoms with Crippen molar-refractivity contribution in [2.75, 3.05) is 11.9 Å². The van der Waals surface area contributed by atoms with Gasteiger partial charge in [0, 0.05) is 24.2 Å². The lowest BCUT2D eigenvalue weighted by atomic mass is 10.1. The number of carbonyl (C=O) groups is 1. The van der Waals surface area contributed by atoms with Crippen LogP contribution in [0.5, 0.6) is 0 Å². The van der Waals surface area contributed by atoms with Crippen LogP contribution in [0.4, 0.5) is 5.69 Å².